The molecule has 1 aromatic carbocycles. The standard InChI is InChI=1S/C11H15O3P.Li.H/c1-3-10-5-7-11(8-6-10)9-15(12,13)14-4-2;;/h3,5-8H,1,4,9H2,2H3,(H,12,13);;/q;+1;-1. The van der Waals surface area contributed by atoms with Gasteiger partial charge in [0.2, 0.25) is 0 Å². The van der Waals surface area contributed by atoms with Gasteiger partial charge in [0.1, 0.15) is 0 Å². The largest absolute Gasteiger partial charge is 1.00 e. The van der Waals surface area contributed by atoms with E-state index in [-0.39, 0.29) is 33.1 Å². The number of hydrogen-bond acceptors (Lipinski definition) is 2. The normalized spacial score (nSPS) is 13.6. The van der Waals surface area contributed by atoms with Gasteiger partial charge in [-0.15, -0.1) is 0 Å². The third kappa shape index (κ3) is 5.16. The molecule has 1 unspecified atom stereocenters. The first-order valence-corrected chi connectivity index (χ1v) is 6.51. The molecular formula is C11H16LiO3P. The van der Waals surface area contributed by atoms with Crippen molar-refractivity contribution >= 4 is 13.7 Å². The number of rotatable bonds is 5. The van der Waals surface area contributed by atoms with Crippen LogP contribution in [0, 0.1) is 0 Å². The molecule has 0 aliphatic rings. The van der Waals surface area contributed by atoms with Gasteiger partial charge < -0.3 is 10.8 Å². The van der Waals surface area contributed by atoms with Crippen LogP contribution < -0.4 is 18.9 Å². The molecule has 16 heavy (non-hydrogen) atoms. The van der Waals surface area contributed by atoms with Gasteiger partial charge in [0.25, 0.3) is 0 Å². The predicted octanol–water partition coefficient (Wildman–Crippen LogP) is 0.168. The van der Waals surface area contributed by atoms with E-state index >= 15 is 0 Å². The van der Waals surface area contributed by atoms with Gasteiger partial charge in [-0.25, -0.2) is 0 Å². The second-order valence-electron chi connectivity index (χ2n) is 3.16. The first-order chi connectivity index (χ1) is 7.07. The molecule has 0 saturated heterocycles. The van der Waals surface area contributed by atoms with E-state index in [4.69, 9.17) is 4.52 Å². The summed E-state index contributed by atoms with van der Waals surface area (Å²) in [5, 5.41) is 0. The summed E-state index contributed by atoms with van der Waals surface area (Å²) >= 11 is 0. The van der Waals surface area contributed by atoms with Gasteiger partial charge in [0, 0.05) is 0 Å². The molecule has 0 aliphatic heterocycles. The number of benzene rings is 1. The number of hydrogen-bond donors (Lipinski definition) is 1. The second kappa shape index (κ2) is 7.12. The Morgan fingerprint density at radius 3 is 2.50 bits per heavy atom. The van der Waals surface area contributed by atoms with Crippen molar-refractivity contribution in [1.82, 2.24) is 0 Å². The van der Waals surface area contributed by atoms with Crippen molar-refractivity contribution in [3.05, 3.63) is 42.0 Å². The molecule has 0 heterocycles. The van der Waals surface area contributed by atoms with Gasteiger partial charge in [0.05, 0.1) is 12.8 Å². The van der Waals surface area contributed by atoms with Gasteiger partial charge in [-0.1, -0.05) is 36.9 Å². The van der Waals surface area contributed by atoms with E-state index in [0.717, 1.165) is 11.1 Å². The van der Waals surface area contributed by atoms with Crippen LogP contribution in [0.25, 0.3) is 6.08 Å². The molecule has 0 amide bonds. The maximum absolute atomic E-state index is 11.5. The molecule has 1 atom stereocenters. The second-order valence-corrected chi connectivity index (χ2v) is 5.01. The summed E-state index contributed by atoms with van der Waals surface area (Å²) in [5.74, 6) is 0. The van der Waals surface area contributed by atoms with Gasteiger partial charge in [0.15, 0.2) is 0 Å². The van der Waals surface area contributed by atoms with E-state index in [9.17, 15) is 9.46 Å². The molecule has 84 valence electrons. The Morgan fingerprint density at radius 1 is 1.50 bits per heavy atom. The molecule has 0 aromatic heterocycles. The predicted molar refractivity (Wildman–Crippen MR) is 62.8 cm³/mol. The molecule has 5 heteroatoms. The van der Waals surface area contributed by atoms with Crippen molar-refractivity contribution in [3.8, 4) is 0 Å². The van der Waals surface area contributed by atoms with Gasteiger partial charge in [-0.3, -0.25) is 4.57 Å². The molecule has 0 saturated carbocycles. The summed E-state index contributed by atoms with van der Waals surface area (Å²) in [7, 11) is -3.46. The third-order valence-corrected chi connectivity index (χ3v) is 3.36. The van der Waals surface area contributed by atoms with E-state index < -0.39 is 7.60 Å². The van der Waals surface area contributed by atoms with Crippen LogP contribution in [-0.2, 0) is 15.3 Å². The van der Waals surface area contributed by atoms with Crippen LogP contribution in [0.3, 0.4) is 0 Å². The van der Waals surface area contributed by atoms with E-state index in [1.165, 1.54) is 0 Å². The molecular weight excluding hydrogens is 218 g/mol. The van der Waals surface area contributed by atoms with Crippen LogP contribution >= 0.6 is 7.60 Å². The van der Waals surface area contributed by atoms with Crippen LogP contribution in [0.15, 0.2) is 30.8 Å². The smallest absolute Gasteiger partial charge is 1.00 e. The monoisotopic (exact) mass is 234 g/mol. The van der Waals surface area contributed by atoms with E-state index in [0.29, 0.717) is 0 Å². The fraction of sp³-hybridized carbons (Fsp3) is 0.273. The molecule has 1 N–H and O–H groups in total. The third-order valence-electron chi connectivity index (χ3n) is 1.93. The molecule has 1 aromatic rings. The summed E-state index contributed by atoms with van der Waals surface area (Å²) in [5.41, 5.74) is 1.78. The van der Waals surface area contributed by atoms with Crippen molar-refractivity contribution < 1.29 is 34.3 Å². The van der Waals surface area contributed by atoms with E-state index in [1.54, 1.807) is 25.1 Å². The van der Waals surface area contributed by atoms with Crippen molar-refractivity contribution in [1.29, 1.82) is 0 Å². The van der Waals surface area contributed by atoms with Crippen LogP contribution in [0.2, 0.25) is 0 Å². The zero-order valence-electron chi connectivity index (χ0n) is 10.7. The molecule has 0 radical (unpaired) electrons. The van der Waals surface area contributed by atoms with E-state index in [1.807, 2.05) is 12.1 Å². The summed E-state index contributed by atoms with van der Waals surface area (Å²) in [4.78, 5) is 9.41. The average molecular weight is 234 g/mol. The molecule has 0 spiro atoms. The summed E-state index contributed by atoms with van der Waals surface area (Å²) in [6, 6.07) is 7.32. The van der Waals surface area contributed by atoms with Crippen molar-refractivity contribution in [2.45, 2.75) is 13.1 Å². The van der Waals surface area contributed by atoms with Crippen molar-refractivity contribution in [2.75, 3.05) is 6.61 Å². The Hall–Kier alpha value is -0.293. The maximum Gasteiger partial charge on any atom is 1.00 e. The summed E-state index contributed by atoms with van der Waals surface area (Å²) in [6.45, 7) is 5.58. The first-order valence-electron chi connectivity index (χ1n) is 4.75. The van der Waals surface area contributed by atoms with E-state index in [2.05, 4.69) is 6.58 Å². The Labute approximate surface area is 110 Å². The van der Waals surface area contributed by atoms with Crippen LogP contribution in [0.4, 0.5) is 0 Å². The fourth-order valence-corrected chi connectivity index (χ4v) is 2.40. The Morgan fingerprint density at radius 2 is 2.06 bits per heavy atom. The Balaban J connectivity index is 0. The molecule has 0 aliphatic carbocycles. The fourth-order valence-electron chi connectivity index (χ4n) is 1.24. The summed E-state index contributed by atoms with van der Waals surface area (Å²) in [6.07, 6.45) is 1.78. The van der Waals surface area contributed by atoms with Gasteiger partial charge in [-0.2, -0.15) is 0 Å². The van der Waals surface area contributed by atoms with Crippen LogP contribution in [0.1, 0.15) is 19.5 Å². The quantitative estimate of drug-likeness (QED) is 0.583. The van der Waals surface area contributed by atoms with Gasteiger partial charge >= 0.3 is 26.5 Å². The minimum Gasteiger partial charge on any atom is -1.00 e. The first kappa shape index (κ1) is 15.7. The van der Waals surface area contributed by atoms with Crippen LogP contribution in [0.5, 0.6) is 0 Å². The zero-order valence-corrected chi connectivity index (χ0v) is 10.6. The minimum atomic E-state index is -3.46. The molecule has 0 bridgehead atoms. The SMILES string of the molecule is C=Cc1ccc(CP(=O)(O)OCC)cc1.[H-].[Li+]. The zero-order chi connectivity index (χ0) is 11.3. The van der Waals surface area contributed by atoms with Crippen LogP contribution in [-0.4, -0.2) is 11.5 Å². The van der Waals surface area contributed by atoms with Crippen molar-refractivity contribution in [2.24, 2.45) is 0 Å². The molecule has 0 fully saturated rings. The molecule has 1 rings (SSSR count). The van der Waals surface area contributed by atoms with Gasteiger partial charge in [-0.05, 0) is 18.1 Å². The minimum absolute atomic E-state index is 0. The Bertz CT molecular complexity index is 381. The summed E-state index contributed by atoms with van der Waals surface area (Å²) < 4.78 is 16.2. The average Bonchev–Trinajstić information content (AvgIpc) is 2.18. The topological polar surface area (TPSA) is 46.5 Å². The maximum atomic E-state index is 11.5. The Kier molecular flexibility index (Phi) is 6.99. The van der Waals surface area contributed by atoms with Crippen molar-refractivity contribution in [3.63, 3.8) is 0 Å². The molecule has 3 nitrogen and oxygen atoms in total.